The van der Waals surface area contributed by atoms with E-state index in [4.69, 9.17) is 4.98 Å². The molecule has 1 aliphatic rings. The highest BCUT2D eigenvalue weighted by Crippen LogP contribution is 2.42. The number of allylic oxidation sites excluding steroid dienone is 1. The predicted molar refractivity (Wildman–Crippen MR) is 112 cm³/mol. The summed E-state index contributed by atoms with van der Waals surface area (Å²) in [6.45, 7) is 4.04. The van der Waals surface area contributed by atoms with Gasteiger partial charge >= 0.3 is 6.18 Å². The average Bonchev–Trinajstić information content (AvgIpc) is 3.27. The number of fused-ring (bicyclic) bond motifs is 3. The van der Waals surface area contributed by atoms with Gasteiger partial charge in [0.25, 0.3) is 0 Å². The third-order valence-electron chi connectivity index (χ3n) is 4.80. The van der Waals surface area contributed by atoms with E-state index in [9.17, 15) is 13.2 Å². The first kappa shape index (κ1) is 18.5. The van der Waals surface area contributed by atoms with Gasteiger partial charge in [0.15, 0.2) is 0 Å². The maximum atomic E-state index is 13.3. The molecule has 0 spiro atoms. The van der Waals surface area contributed by atoms with Crippen LogP contribution in [0, 0.1) is 0 Å². The third kappa shape index (κ3) is 3.05. The second-order valence-electron chi connectivity index (χ2n) is 6.70. The summed E-state index contributed by atoms with van der Waals surface area (Å²) in [6, 6.07) is 8.90. The molecule has 4 heterocycles. The molecule has 0 N–H and O–H groups in total. The Hall–Kier alpha value is -3.52. The molecule has 148 valence electrons. The van der Waals surface area contributed by atoms with Crippen molar-refractivity contribution >= 4 is 39.8 Å². The second-order valence-corrected chi connectivity index (χ2v) is 7.59. The van der Waals surface area contributed by atoms with Crippen LogP contribution in [0.25, 0.3) is 27.7 Å². The Labute approximate surface area is 173 Å². The van der Waals surface area contributed by atoms with Gasteiger partial charge in [-0.05, 0) is 42.5 Å². The zero-order chi connectivity index (χ0) is 20.9. The van der Waals surface area contributed by atoms with Crippen molar-refractivity contribution in [2.24, 2.45) is 0 Å². The lowest BCUT2D eigenvalue weighted by Crippen LogP contribution is -2.19. The minimum absolute atomic E-state index is 0.359. The molecule has 0 radical (unpaired) electrons. The van der Waals surface area contributed by atoms with Crippen LogP contribution in [0.5, 0.6) is 0 Å². The largest absolute Gasteiger partial charge is 0.416 e. The SMILES string of the molecule is C=C1C=Cc2cnc3ccc(-c4cncs4)nc3c2N1c1cccc(C(F)(F)F)c1. The number of benzene rings is 1. The topological polar surface area (TPSA) is 41.9 Å². The molecule has 30 heavy (non-hydrogen) atoms. The van der Waals surface area contributed by atoms with E-state index >= 15 is 0 Å². The van der Waals surface area contributed by atoms with Crippen LogP contribution in [-0.2, 0) is 6.18 Å². The smallest absolute Gasteiger partial charge is 0.308 e. The molecule has 8 heteroatoms. The van der Waals surface area contributed by atoms with Crippen LogP contribution in [0.1, 0.15) is 11.1 Å². The van der Waals surface area contributed by atoms with Crippen LogP contribution in [0.15, 0.2) is 72.7 Å². The Bertz CT molecular complexity index is 1310. The van der Waals surface area contributed by atoms with Gasteiger partial charge in [-0.2, -0.15) is 13.2 Å². The van der Waals surface area contributed by atoms with Crippen LogP contribution < -0.4 is 4.90 Å². The Kier molecular flexibility index (Phi) is 4.18. The summed E-state index contributed by atoms with van der Waals surface area (Å²) >= 11 is 1.46. The van der Waals surface area contributed by atoms with Crippen LogP contribution in [0.4, 0.5) is 24.5 Å². The zero-order valence-corrected chi connectivity index (χ0v) is 16.2. The van der Waals surface area contributed by atoms with Gasteiger partial charge < -0.3 is 4.90 Å². The number of pyridine rings is 2. The zero-order valence-electron chi connectivity index (χ0n) is 15.4. The summed E-state index contributed by atoms with van der Waals surface area (Å²) in [6.07, 6.45) is 2.57. The normalized spacial score (nSPS) is 13.7. The number of alkyl halides is 3. The number of anilines is 2. The number of aromatic nitrogens is 3. The molecule has 0 amide bonds. The summed E-state index contributed by atoms with van der Waals surface area (Å²) in [4.78, 5) is 15.9. The van der Waals surface area contributed by atoms with E-state index in [1.165, 1.54) is 17.4 Å². The minimum atomic E-state index is -4.44. The van der Waals surface area contributed by atoms with Crippen molar-refractivity contribution in [2.45, 2.75) is 6.18 Å². The lowest BCUT2D eigenvalue weighted by molar-refractivity contribution is -0.137. The maximum absolute atomic E-state index is 13.3. The fraction of sp³-hybridized carbons (Fsp3) is 0.0455. The Morgan fingerprint density at radius 2 is 1.90 bits per heavy atom. The molecule has 1 aliphatic heterocycles. The molecular formula is C22H13F3N4S. The molecular weight excluding hydrogens is 409 g/mol. The number of nitrogens with zero attached hydrogens (tertiary/aromatic N) is 4. The van der Waals surface area contributed by atoms with Gasteiger partial charge in [0.2, 0.25) is 0 Å². The van der Waals surface area contributed by atoms with Gasteiger partial charge in [-0.25, -0.2) is 4.98 Å². The molecule has 0 aliphatic carbocycles. The fourth-order valence-corrected chi connectivity index (χ4v) is 4.02. The van der Waals surface area contributed by atoms with Crippen molar-refractivity contribution in [2.75, 3.05) is 4.90 Å². The Balaban J connectivity index is 1.75. The van der Waals surface area contributed by atoms with Crippen LogP contribution in [0.2, 0.25) is 0 Å². The molecule has 4 nitrogen and oxygen atoms in total. The summed E-state index contributed by atoms with van der Waals surface area (Å²) in [5.41, 5.74) is 5.25. The molecule has 0 fully saturated rings. The summed E-state index contributed by atoms with van der Waals surface area (Å²) in [5, 5.41) is 0. The quantitative estimate of drug-likeness (QED) is 0.372. The van der Waals surface area contributed by atoms with E-state index < -0.39 is 11.7 Å². The van der Waals surface area contributed by atoms with Gasteiger partial charge in [-0.15, -0.1) is 11.3 Å². The molecule has 1 aromatic carbocycles. The van der Waals surface area contributed by atoms with Gasteiger partial charge in [0.1, 0.15) is 5.52 Å². The van der Waals surface area contributed by atoms with Crippen molar-refractivity contribution in [1.29, 1.82) is 0 Å². The minimum Gasteiger partial charge on any atom is -0.308 e. The number of hydrogen-bond donors (Lipinski definition) is 0. The van der Waals surface area contributed by atoms with E-state index in [0.29, 0.717) is 28.1 Å². The Morgan fingerprint density at radius 1 is 1.03 bits per heavy atom. The van der Waals surface area contributed by atoms with Gasteiger partial charge in [-0.3, -0.25) is 9.97 Å². The lowest BCUT2D eigenvalue weighted by atomic mass is 10.0. The monoisotopic (exact) mass is 422 g/mol. The van der Waals surface area contributed by atoms with Crippen molar-refractivity contribution in [3.8, 4) is 10.6 Å². The van der Waals surface area contributed by atoms with E-state index in [2.05, 4.69) is 16.5 Å². The first-order valence-corrected chi connectivity index (χ1v) is 9.83. The highest BCUT2D eigenvalue weighted by molar-refractivity contribution is 7.13. The fourth-order valence-electron chi connectivity index (χ4n) is 3.42. The molecule has 0 saturated carbocycles. The molecule has 0 bridgehead atoms. The molecule has 5 rings (SSSR count). The highest BCUT2D eigenvalue weighted by atomic mass is 32.1. The third-order valence-corrected chi connectivity index (χ3v) is 5.59. The lowest BCUT2D eigenvalue weighted by Gasteiger charge is -2.31. The maximum Gasteiger partial charge on any atom is 0.416 e. The predicted octanol–water partition coefficient (Wildman–Crippen LogP) is 6.45. The number of hydrogen-bond acceptors (Lipinski definition) is 5. The first-order chi connectivity index (χ1) is 14.4. The van der Waals surface area contributed by atoms with Crippen LogP contribution in [-0.4, -0.2) is 15.0 Å². The van der Waals surface area contributed by atoms with E-state index in [1.54, 1.807) is 34.9 Å². The van der Waals surface area contributed by atoms with Crippen molar-refractivity contribution in [3.05, 3.63) is 83.8 Å². The van der Waals surface area contributed by atoms with E-state index in [0.717, 1.165) is 28.3 Å². The average molecular weight is 422 g/mol. The van der Waals surface area contributed by atoms with Gasteiger partial charge in [0, 0.05) is 29.3 Å². The Morgan fingerprint density at radius 3 is 2.67 bits per heavy atom. The molecule has 3 aromatic heterocycles. The van der Waals surface area contributed by atoms with Crippen LogP contribution in [0.3, 0.4) is 0 Å². The summed E-state index contributed by atoms with van der Waals surface area (Å²) < 4.78 is 39.9. The molecule has 0 saturated heterocycles. The van der Waals surface area contributed by atoms with E-state index in [1.807, 2.05) is 18.2 Å². The molecule has 4 aromatic rings. The molecule has 0 unspecified atom stereocenters. The van der Waals surface area contributed by atoms with Crippen molar-refractivity contribution in [3.63, 3.8) is 0 Å². The standard InChI is InChI=1S/C22H13F3N4S/c1-13-5-6-14-10-27-18-8-7-17(19-11-26-12-30-19)28-20(18)21(14)29(13)16-4-2-3-15(9-16)22(23,24)25/h2-12H,1H2. The van der Waals surface area contributed by atoms with Crippen molar-refractivity contribution in [1.82, 2.24) is 15.0 Å². The summed E-state index contributed by atoms with van der Waals surface area (Å²) in [7, 11) is 0. The number of halogens is 3. The number of rotatable bonds is 2. The van der Waals surface area contributed by atoms with Gasteiger partial charge in [0.05, 0.1) is 32.8 Å². The first-order valence-electron chi connectivity index (χ1n) is 8.95. The molecule has 0 atom stereocenters. The number of thiazole rings is 1. The highest BCUT2D eigenvalue weighted by Gasteiger charge is 2.32. The van der Waals surface area contributed by atoms with E-state index in [-0.39, 0.29) is 0 Å². The second kappa shape index (κ2) is 6.77. The summed E-state index contributed by atoms with van der Waals surface area (Å²) in [5.74, 6) is 0. The van der Waals surface area contributed by atoms with Gasteiger partial charge in [-0.1, -0.05) is 12.6 Å². The van der Waals surface area contributed by atoms with Crippen LogP contribution >= 0.6 is 11.3 Å². The van der Waals surface area contributed by atoms with Crippen molar-refractivity contribution < 1.29 is 13.2 Å².